The molecule has 0 atom stereocenters. The van der Waals surface area contributed by atoms with Gasteiger partial charge in [0.1, 0.15) is 0 Å². The zero-order valence-electron chi connectivity index (χ0n) is 6.77. The molecule has 2 rings (SSSR count). The first-order chi connectivity index (χ1) is 5.90. The summed E-state index contributed by atoms with van der Waals surface area (Å²) in [6, 6.07) is 7.63. The van der Waals surface area contributed by atoms with Gasteiger partial charge >= 0.3 is 0 Å². The second kappa shape index (κ2) is 4.02. The van der Waals surface area contributed by atoms with Crippen LogP contribution in [-0.2, 0) is 0 Å². The maximum atomic E-state index is 5.19. The second-order valence-electron chi connectivity index (χ2n) is 2.39. The van der Waals surface area contributed by atoms with E-state index in [-0.39, 0.29) is 12.4 Å². The van der Waals surface area contributed by atoms with E-state index in [1.807, 2.05) is 24.3 Å². The van der Waals surface area contributed by atoms with Crippen LogP contribution in [0.15, 0.2) is 30.5 Å². The van der Waals surface area contributed by atoms with E-state index in [0.717, 1.165) is 11.0 Å². The normalized spacial score (nSPS) is 9.31. The second-order valence-corrected chi connectivity index (χ2v) is 2.39. The Bertz CT molecular complexity index is 404. The molecule has 0 aliphatic carbocycles. The fourth-order valence-corrected chi connectivity index (χ4v) is 1.03. The fourth-order valence-electron chi connectivity index (χ4n) is 1.03. The highest BCUT2D eigenvalue weighted by molar-refractivity contribution is 5.85. The number of benzene rings is 1. The molecule has 0 saturated carbocycles. The number of hydrogen-bond acceptors (Lipinski definition) is 4. The molecule has 0 aliphatic heterocycles. The number of nitrogen functional groups attached to an aromatic ring is 1. The standard InChI is InChI=1S/C8H8N4.ClH/c9-12-8-5-10-6-3-1-2-4-7(6)11-8;/h1-5H,9H2,(H,11,12);1H. The third-order valence-corrected chi connectivity index (χ3v) is 1.60. The number of fused-ring (bicyclic) bond motifs is 1. The van der Waals surface area contributed by atoms with Crippen molar-refractivity contribution in [3.63, 3.8) is 0 Å². The van der Waals surface area contributed by atoms with E-state index in [1.54, 1.807) is 6.20 Å². The van der Waals surface area contributed by atoms with E-state index in [1.165, 1.54) is 0 Å². The number of hydrogen-bond donors (Lipinski definition) is 2. The molecular weight excluding hydrogens is 188 g/mol. The Morgan fingerprint density at radius 2 is 1.85 bits per heavy atom. The van der Waals surface area contributed by atoms with Crippen LogP contribution in [0.1, 0.15) is 0 Å². The molecular formula is C8H9ClN4. The Morgan fingerprint density at radius 3 is 2.54 bits per heavy atom. The Hall–Kier alpha value is -1.39. The summed E-state index contributed by atoms with van der Waals surface area (Å²) < 4.78 is 0. The van der Waals surface area contributed by atoms with E-state index < -0.39 is 0 Å². The summed E-state index contributed by atoms with van der Waals surface area (Å²) in [6.45, 7) is 0. The van der Waals surface area contributed by atoms with E-state index >= 15 is 0 Å². The van der Waals surface area contributed by atoms with Crippen LogP contribution in [0, 0.1) is 0 Å². The van der Waals surface area contributed by atoms with Crippen molar-refractivity contribution in [2.75, 3.05) is 5.43 Å². The van der Waals surface area contributed by atoms with Gasteiger partial charge in [0.2, 0.25) is 0 Å². The maximum absolute atomic E-state index is 5.19. The highest BCUT2D eigenvalue weighted by atomic mass is 35.5. The molecule has 5 heteroatoms. The van der Waals surface area contributed by atoms with Crippen molar-refractivity contribution >= 4 is 29.3 Å². The summed E-state index contributed by atoms with van der Waals surface area (Å²) in [4.78, 5) is 8.34. The fraction of sp³-hybridized carbons (Fsp3) is 0. The van der Waals surface area contributed by atoms with Crippen molar-refractivity contribution in [1.29, 1.82) is 0 Å². The molecule has 0 aliphatic rings. The number of halogens is 1. The van der Waals surface area contributed by atoms with E-state index in [2.05, 4.69) is 15.4 Å². The molecule has 0 saturated heterocycles. The molecule has 0 amide bonds. The van der Waals surface area contributed by atoms with Crippen LogP contribution in [-0.4, -0.2) is 9.97 Å². The van der Waals surface area contributed by atoms with Crippen LogP contribution in [0.3, 0.4) is 0 Å². The molecule has 0 fully saturated rings. The number of aromatic nitrogens is 2. The zero-order valence-corrected chi connectivity index (χ0v) is 7.58. The highest BCUT2D eigenvalue weighted by Crippen LogP contribution is 2.09. The van der Waals surface area contributed by atoms with Crippen molar-refractivity contribution in [3.05, 3.63) is 30.5 Å². The number of para-hydroxylation sites is 2. The Morgan fingerprint density at radius 1 is 1.15 bits per heavy atom. The van der Waals surface area contributed by atoms with Crippen LogP contribution >= 0.6 is 12.4 Å². The van der Waals surface area contributed by atoms with Crippen LogP contribution < -0.4 is 11.3 Å². The summed E-state index contributed by atoms with van der Waals surface area (Å²) in [5.41, 5.74) is 4.16. The molecule has 1 aromatic heterocycles. The first-order valence-corrected chi connectivity index (χ1v) is 3.58. The molecule has 1 aromatic carbocycles. The first-order valence-electron chi connectivity index (χ1n) is 3.58. The predicted octanol–water partition coefficient (Wildman–Crippen LogP) is 1.34. The maximum Gasteiger partial charge on any atom is 0.159 e. The van der Waals surface area contributed by atoms with E-state index in [4.69, 9.17) is 5.84 Å². The summed E-state index contributed by atoms with van der Waals surface area (Å²) >= 11 is 0. The van der Waals surface area contributed by atoms with E-state index in [0.29, 0.717) is 5.82 Å². The average molecular weight is 197 g/mol. The number of rotatable bonds is 1. The molecule has 0 spiro atoms. The first kappa shape index (κ1) is 9.70. The topological polar surface area (TPSA) is 63.8 Å². The number of nitrogens with one attached hydrogen (secondary N) is 1. The lowest BCUT2D eigenvalue weighted by Gasteiger charge is -1.99. The van der Waals surface area contributed by atoms with Gasteiger partial charge < -0.3 is 5.43 Å². The third-order valence-electron chi connectivity index (χ3n) is 1.60. The predicted molar refractivity (Wildman–Crippen MR) is 54.6 cm³/mol. The van der Waals surface area contributed by atoms with Gasteiger partial charge in [-0.25, -0.2) is 10.8 Å². The largest absolute Gasteiger partial charge is 0.307 e. The molecule has 3 N–H and O–H groups in total. The van der Waals surface area contributed by atoms with Gasteiger partial charge in [0.15, 0.2) is 5.82 Å². The molecule has 13 heavy (non-hydrogen) atoms. The Balaban J connectivity index is 0.000000845. The minimum atomic E-state index is 0. The van der Waals surface area contributed by atoms with Gasteiger partial charge in [-0.05, 0) is 12.1 Å². The van der Waals surface area contributed by atoms with Crippen molar-refractivity contribution in [2.45, 2.75) is 0 Å². The monoisotopic (exact) mass is 196 g/mol. The van der Waals surface area contributed by atoms with Gasteiger partial charge in [-0.2, -0.15) is 0 Å². The summed E-state index contributed by atoms with van der Waals surface area (Å²) in [6.07, 6.45) is 1.60. The van der Waals surface area contributed by atoms with Gasteiger partial charge in [0.05, 0.1) is 17.2 Å². The molecule has 4 nitrogen and oxygen atoms in total. The number of nitrogens with zero attached hydrogens (tertiary/aromatic N) is 2. The Labute approximate surface area is 81.6 Å². The van der Waals surface area contributed by atoms with Gasteiger partial charge in [0, 0.05) is 0 Å². The average Bonchev–Trinajstić information content (AvgIpc) is 2.17. The lowest BCUT2D eigenvalue weighted by molar-refractivity contribution is 1.22. The minimum absolute atomic E-state index is 0. The smallest absolute Gasteiger partial charge is 0.159 e. The van der Waals surface area contributed by atoms with Crippen LogP contribution in [0.25, 0.3) is 11.0 Å². The van der Waals surface area contributed by atoms with Gasteiger partial charge in [0.25, 0.3) is 0 Å². The quantitative estimate of drug-likeness (QED) is 0.534. The van der Waals surface area contributed by atoms with Crippen LogP contribution in [0.2, 0.25) is 0 Å². The minimum Gasteiger partial charge on any atom is -0.307 e. The zero-order chi connectivity index (χ0) is 8.39. The lowest BCUT2D eigenvalue weighted by atomic mass is 10.3. The molecule has 0 bridgehead atoms. The van der Waals surface area contributed by atoms with Crippen molar-refractivity contribution in [3.8, 4) is 0 Å². The van der Waals surface area contributed by atoms with Gasteiger partial charge in [-0.15, -0.1) is 12.4 Å². The molecule has 1 heterocycles. The molecule has 2 aromatic rings. The highest BCUT2D eigenvalue weighted by Gasteiger charge is 1.95. The number of hydrazine groups is 1. The lowest BCUT2D eigenvalue weighted by Crippen LogP contribution is -2.08. The SMILES string of the molecule is Cl.NNc1cnc2ccccc2n1. The summed E-state index contributed by atoms with van der Waals surface area (Å²) in [5, 5.41) is 0. The van der Waals surface area contributed by atoms with Crippen LogP contribution in [0.5, 0.6) is 0 Å². The molecule has 68 valence electrons. The Kier molecular flexibility index (Phi) is 3.00. The van der Waals surface area contributed by atoms with E-state index in [9.17, 15) is 0 Å². The van der Waals surface area contributed by atoms with Gasteiger partial charge in [-0.3, -0.25) is 4.98 Å². The molecule has 0 radical (unpaired) electrons. The molecule has 0 unspecified atom stereocenters. The summed E-state index contributed by atoms with van der Waals surface area (Å²) in [7, 11) is 0. The van der Waals surface area contributed by atoms with Crippen molar-refractivity contribution in [1.82, 2.24) is 9.97 Å². The van der Waals surface area contributed by atoms with Crippen LogP contribution in [0.4, 0.5) is 5.82 Å². The van der Waals surface area contributed by atoms with Crippen molar-refractivity contribution < 1.29 is 0 Å². The third kappa shape index (κ3) is 1.85. The summed E-state index contributed by atoms with van der Waals surface area (Å²) in [5.74, 6) is 5.77. The number of anilines is 1. The van der Waals surface area contributed by atoms with Crippen molar-refractivity contribution in [2.24, 2.45) is 5.84 Å². The number of nitrogens with two attached hydrogens (primary N) is 1. The van der Waals surface area contributed by atoms with Gasteiger partial charge in [-0.1, -0.05) is 12.1 Å².